The molecule has 1 radical (unpaired) electrons. The molecule has 1 unspecified atom stereocenters. The Balaban J connectivity index is 0.00000441. The van der Waals surface area contributed by atoms with E-state index in [4.69, 9.17) is 21.7 Å². The molecule has 1 aromatic carbocycles. The van der Waals surface area contributed by atoms with Crippen LogP contribution in [-0.4, -0.2) is 18.4 Å². The van der Waals surface area contributed by atoms with E-state index in [9.17, 15) is 5.26 Å². The third kappa shape index (κ3) is 5.71. The summed E-state index contributed by atoms with van der Waals surface area (Å²) in [6.45, 7) is 6.10. The quantitative estimate of drug-likeness (QED) is 0.239. The summed E-state index contributed by atoms with van der Waals surface area (Å²) in [6, 6.07) is 11.1. The van der Waals surface area contributed by atoms with E-state index >= 15 is 0 Å². The van der Waals surface area contributed by atoms with E-state index in [2.05, 4.69) is 12.1 Å². The molecular formula is C17H22ClN2ORh-. The van der Waals surface area contributed by atoms with E-state index in [-0.39, 0.29) is 31.3 Å². The Morgan fingerprint density at radius 2 is 2.23 bits per heavy atom. The summed E-state index contributed by atoms with van der Waals surface area (Å²) in [6.07, 6.45) is 1.55. The van der Waals surface area contributed by atoms with Crippen molar-refractivity contribution < 1.29 is 24.2 Å². The predicted octanol–water partition coefficient (Wildman–Crippen LogP) is 4.40. The fourth-order valence-electron chi connectivity index (χ4n) is 2.10. The number of halogens is 1. The zero-order valence-electron chi connectivity index (χ0n) is 13.2. The molecular weight excluding hydrogens is 387 g/mol. The van der Waals surface area contributed by atoms with Crippen LogP contribution in [0, 0.1) is 22.8 Å². The van der Waals surface area contributed by atoms with Gasteiger partial charge in [-0.25, -0.2) is 0 Å². The molecule has 1 N–H and O–H groups in total. The van der Waals surface area contributed by atoms with Crippen molar-refractivity contribution in [2.45, 2.75) is 44.9 Å². The van der Waals surface area contributed by atoms with Crippen LogP contribution in [0.3, 0.4) is 0 Å². The number of nitrogens with zero attached hydrogens (tertiary/aromatic N) is 1. The average molecular weight is 409 g/mol. The molecule has 0 aliphatic carbocycles. The Labute approximate surface area is 151 Å². The third-order valence-electron chi connectivity index (χ3n) is 3.44. The van der Waals surface area contributed by atoms with Crippen LogP contribution in [0.15, 0.2) is 18.2 Å². The van der Waals surface area contributed by atoms with Crippen LogP contribution >= 0.6 is 11.6 Å². The number of benzene rings is 1. The van der Waals surface area contributed by atoms with E-state index in [1.54, 1.807) is 0 Å². The minimum atomic E-state index is -0.561. The van der Waals surface area contributed by atoms with Gasteiger partial charge in [0.15, 0.2) is 5.90 Å². The van der Waals surface area contributed by atoms with Gasteiger partial charge in [0.2, 0.25) is 0 Å². The van der Waals surface area contributed by atoms with Crippen molar-refractivity contribution >= 4 is 17.5 Å². The SMILES string of the molecule is CCOC(=N)C(CCCCl)c1[c-]ccc(C(C)(C)C#N)c1.[Rh]. The first-order valence-corrected chi connectivity index (χ1v) is 7.70. The summed E-state index contributed by atoms with van der Waals surface area (Å²) in [4.78, 5) is 0. The van der Waals surface area contributed by atoms with E-state index in [1.807, 2.05) is 39.0 Å². The van der Waals surface area contributed by atoms with Crippen molar-refractivity contribution in [1.29, 1.82) is 10.7 Å². The first-order chi connectivity index (χ1) is 9.96. The van der Waals surface area contributed by atoms with Gasteiger partial charge in [-0.05, 0) is 33.6 Å². The number of rotatable bonds is 7. The van der Waals surface area contributed by atoms with Crippen LogP contribution < -0.4 is 0 Å². The Morgan fingerprint density at radius 3 is 2.77 bits per heavy atom. The number of hydrogen-bond acceptors (Lipinski definition) is 3. The monoisotopic (exact) mass is 408 g/mol. The van der Waals surface area contributed by atoms with E-state index in [0.29, 0.717) is 12.5 Å². The summed E-state index contributed by atoms with van der Waals surface area (Å²) < 4.78 is 5.36. The molecule has 0 bridgehead atoms. The normalized spacial score (nSPS) is 12.0. The summed E-state index contributed by atoms with van der Waals surface area (Å²) >= 11 is 5.78. The minimum absolute atomic E-state index is 0. The van der Waals surface area contributed by atoms with Crippen LogP contribution in [0.1, 0.15) is 50.7 Å². The van der Waals surface area contributed by atoms with Crippen molar-refractivity contribution in [2.24, 2.45) is 0 Å². The fourth-order valence-corrected chi connectivity index (χ4v) is 2.26. The second-order valence-corrected chi connectivity index (χ2v) is 5.83. The predicted molar refractivity (Wildman–Crippen MR) is 86.0 cm³/mol. The average Bonchev–Trinajstić information content (AvgIpc) is 2.48. The fraction of sp³-hybridized carbons (Fsp3) is 0.529. The standard InChI is InChI=1S/C17H22ClN2O.Rh/c1-4-21-16(20)15(9-6-10-18)13-7-5-8-14(11-13)17(2,3)12-19;/h5,8,11,15,20H,4,6,9-10H2,1-3H3;/q-1;. The molecule has 1 atom stereocenters. The van der Waals surface area contributed by atoms with Gasteiger partial charge in [-0.3, -0.25) is 5.41 Å². The van der Waals surface area contributed by atoms with Gasteiger partial charge in [-0.15, -0.1) is 22.7 Å². The maximum atomic E-state index is 9.27. The van der Waals surface area contributed by atoms with Crippen LogP contribution in [0.2, 0.25) is 0 Å². The molecule has 0 spiro atoms. The van der Waals surface area contributed by atoms with Gasteiger partial charge < -0.3 is 4.74 Å². The van der Waals surface area contributed by atoms with Gasteiger partial charge in [0, 0.05) is 31.3 Å². The Morgan fingerprint density at radius 1 is 1.55 bits per heavy atom. The largest absolute Gasteiger partial charge is 0.481 e. The molecule has 0 saturated heterocycles. The maximum absolute atomic E-state index is 9.27. The van der Waals surface area contributed by atoms with Crippen LogP contribution in [0.25, 0.3) is 0 Å². The van der Waals surface area contributed by atoms with Crippen molar-refractivity contribution in [3.05, 3.63) is 35.4 Å². The third-order valence-corrected chi connectivity index (χ3v) is 3.71. The number of nitriles is 1. The van der Waals surface area contributed by atoms with Crippen molar-refractivity contribution in [3.8, 4) is 6.07 Å². The second-order valence-electron chi connectivity index (χ2n) is 5.45. The maximum Gasteiger partial charge on any atom is 0.185 e. The summed E-state index contributed by atoms with van der Waals surface area (Å²) in [5.41, 5.74) is 1.26. The molecule has 0 aliphatic rings. The number of ether oxygens (including phenoxy) is 1. The van der Waals surface area contributed by atoms with Gasteiger partial charge in [-0.2, -0.15) is 29.5 Å². The summed E-state index contributed by atoms with van der Waals surface area (Å²) in [5, 5.41) is 17.3. The molecule has 123 valence electrons. The van der Waals surface area contributed by atoms with Crippen LogP contribution in [-0.2, 0) is 29.6 Å². The first kappa shape index (κ1) is 21.1. The van der Waals surface area contributed by atoms with Crippen molar-refractivity contribution in [1.82, 2.24) is 0 Å². The van der Waals surface area contributed by atoms with E-state index in [1.165, 1.54) is 0 Å². The molecule has 0 fully saturated rings. The van der Waals surface area contributed by atoms with Gasteiger partial charge in [0.25, 0.3) is 0 Å². The van der Waals surface area contributed by atoms with Gasteiger partial charge in [0.05, 0.1) is 18.1 Å². The Kier molecular flexibility index (Phi) is 9.57. The zero-order chi connectivity index (χ0) is 15.9. The summed E-state index contributed by atoms with van der Waals surface area (Å²) in [5.74, 6) is 0.642. The molecule has 0 aliphatic heterocycles. The Bertz CT molecular complexity index is 526. The van der Waals surface area contributed by atoms with Crippen molar-refractivity contribution in [3.63, 3.8) is 0 Å². The molecule has 0 amide bonds. The summed E-state index contributed by atoms with van der Waals surface area (Å²) in [7, 11) is 0. The molecule has 0 saturated carbocycles. The second kappa shape index (κ2) is 9.98. The minimum Gasteiger partial charge on any atom is -0.481 e. The molecule has 1 aromatic rings. The number of alkyl halides is 1. The topological polar surface area (TPSA) is 56.9 Å². The van der Waals surface area contributed by atoms with Gasteiger partial charge in [-0.1, -0.05) is 0 Å². The smallest absolute Gasteiger partial charge is 0.185 e. The Hall–Kier alpha value is -0.907. The van der Waals surface area contributed by atoms with Gasteiger partial charge >= 0.3 is 0 Å². The van der Waals surface area contributed by atoms with Crippen LogP contribution in [0.4, 0.5) is 0 Å². The molecule has 0 heterocycles. The van der Waals surface area contributed by atoms with E-state index in [0.717, 1.165) is 24.0 Å². The number of nitrogens with one attached hydrogen (secondary N) is 1. The first-order valence-electron chi connectivity index (χ1n) is 7.16. The molecule has 22 heavy (non-hydrogen) atoms. The number of hydrogen-bond donors (Lipinski definition) is 1. The van der Waals surface area contributed by atoms with Gasteiger partial charge in [0.1, 0.15) is 0 Å². The molecule has 1 rings (SSSR count). The van der Waals surface area contributed by atoms with Crippen molar-refractivity contribution in [2.75, 3.05) is 12.5 Å². The molecule has 3 nitrogen and oxygen atoms in total. The zero-order valence-corrected chi connectivity index (χ0v) is 15.6. The molecule has 5 heteroatoms. The molecule has 0 aromatic heterocycles. The van der Waals surface area contributed by atoms with E-state index < -0.39 is 5.41 Å². The van der Waals surface area contributed by atoms with Crippen LogP contribution in [0.5, 0.6) is 0 Å².